The lowest BCUT2D eigenvalue weighted by molar-refractivity contribution is -0.137. The molecule has 0 saturated heterocycles. The molecule has 0 spiro atoms. The fourth-order valence-electron chi connectivity index (χ4n) is 3.81. The highest BCUT2D eigenvalue weighted by Crippen LogP contribution is 2.33. The van der Waals surface area contributed by atoms with Crippen LogP contribution in [0.5, 0.6) is 0 Å². The third-order valence-electron chi connectivity index (χ3n) is 5.52. The number of hydrogen-bond acceptors (Lipinski definition) is 3. The van der Waals surface area contributed by atoms with E-state index in [4.69, 9.17) is 0 Å². The summed E-state index contributed by atoms with van der Waals surface area (Å²) in [6.45, 7) is -0.168. The maximum Gasteiger partial charge on any atom is 0.416 e. The Hall–Kier alpha value is -3.43. The number of sulfonamides is 1. The molecule has 1 aliphatic rings. The van der Waals surface area contributed by atoms with Crippen molar-refractivity contribution >= 4 is 21.5 Å². The second-order valence-corrected chi connectivity index (χ2v) is 9.70. The molecule has 4 rings (SSSR count). The van der Waals surface area contributed by atoms with E-state index in [2.05, 4.69) is 5.32 Å². The predicted molar refractivity (Wildman–Crippen MR) is 122 cm³/mol. The molecule has 3 aromatic carbocycles. The monoisotopic (exact) mass is 486 g/mol. The van der Waals surface area contributed by atoms with Crippen molar-refractivity contribution in [3.63, 3.8) is 0 Å². The van der Waals surface area contributed by atoms with Crippen LogP contribution in [-0.2, 0) is 16.2 Å². The predicted octanol–water partition coefficient (Wildman–Crippen LogP) is 4.59. The van der Waals surface area contributed by atoms with Gasteiger partial charge in [0, 0.05) is 18.7 Å². The van der Waals surface area contributed by atoms with Crippen molar-refractivity contribution in [1.29, 1.82) is 0 Å². The molecule has 34 heavy (non-hydrogen) atoms. The minimum atomic E-state index is -4.53. The van der Waals surface area contributed by atoms with Crippen molar-refractivity contribution in [2.24, 2.45) is 0 Å². The molecule has 0 saturated carbocycles. The van der Waals surface area contributed by atoms with Crippen LogP contribution in [0.1, 0.15) is 21.5 Å². The number of benzene rings is 3. The molecule has 176 valence electrons. The maximum atomic E-state index is 13.3. The van der Waals surface area contributed by atoms with E-state index in [1.807, 2.05) is 0 Å². The molecular weight excluding hydrogens is 465 g/mol. The smallest absolute Gasteiger partial charge is 0.344 e. The molecule has 0 radical (unpaired) electrons. The Balaban J connectivity index is 1.71. The first-order chi connectivity index (χ1) is 16.2. The summed E-state index contributed by atoms with van der Waals surface area (Å²) in [6, 6.07) is 20.1. The lowest BCUT2D eigenvalue weighted by Crippen LogP contribution is -2.49. The standard InChI is InChI=1S/C25H21F3N2O3S/c26-25(27,28)20-11-7-10-19(16-20)22-14-15-30(34(32,33)21-12-5-2-6-13-21)17-23(22)29-24(31)18-8-3-1-4-9-18/h1-14,16,23H,15,17H2,(H,29,31). The third kappa shape index (κ3) is 5.05. The Morgan fingerprint density at radius 2 is 1.56 bits per heavy atom. The van der Waals surface area contributed by atoms with Gasteiger partial charge in [0.25, 0.3) is 5.91 Å². The van der Waals surface area contributed by atoms with Gasteiger partial charge in [-0.25, -0.2) is 8.42 Å². The first-order valence-corrected chi connectivity index (χ1v) is 11.9. The van der Waals surface area contributed by atoms with E-state index >= 15 is 0 Å². The summed E-state index contributed by atoms with van der Waals surface area (Å²) in [6.07, 6.45) is -2.98. The third-order valence-corrected chi connectivity index (χ3v) is 7.37. The summed E-state index contributed by atoms with van der Waals surface area (Å²) in [5, 5.41) is 2.80. The van der Waals surface area contributed by atoms with E-state index in [0.717, 1.165) is 12.1 Å². The van der Waals surface area contributed by atoms with E-state index in [0.29, 0.717) is 11.1 Å². The molecule has 1 N–H and O–H groups in total. The van der Waals surface area contributed by atoms with Gasteiger partial charge in [-0.05, 0) is 47.5 Å². The van der Waals surface area contributed by atoms with Crippen LogP contribution in [0, 0.1) is 0 Å². The van der Waals surface area contributed by atoms with Crippen LogP contribution in [0.15, 0.2) is 95.9 Å². The van der Waals surface area contributed by atoms with Crippen LogP contribution in [0.4, 0.5) is 13.2 Å². The van der Waals surface area contributed by atoms with Gasteiger partial charge in [0.05, 0.1) is 16.5 Å². The normalized spacial score (nSPS) is 17.1. The molecule has 0 fully saturated rings. The first-order valence-electron chi connectivity index (χ1n) is 10.4. The van der Waals surface area contributed by atoms with Crippen molar-refractivity contribution in [1.82, 2.24) is 9.62 Å². The van der Waals surface area contributed by atoms with Crippen molar-refractivity contribution in [3.05, 3.63) is 108 Å². The molecular formula is C25H21F3N2O3S. The fourth-order valence-corrected chi connectivity index (χ4v) is 5.22. The Kier molecular flexibility index (Phi) is 6.58. The van der Waals surface area contributed by atoms with Gasteiger partial charge < -0.3 is 5.32 Å². The van der Waals surface area contributed by atoms with Crippen LogP contribution >= 0.6 is 0 Å². The summed E-state index contributed by atoms with van der Waals surface area (Å²) in [4.78, 5) is 13.0. The average Bonchev–Trinajstić information content (AvgIpc) is 2.84. The van der Waals surface area contributed by atoms with Crippen molar-refractivity contribution < 1.29 is 26.4 Å². The zero-order chi connectivity index (χ0) is 24.3. The molecule has 1 aliphatic heterocycles. The second kappa shape index (κ2) is 9.44. The van der Waals surface area contributed by atoms with Gasteiger partial charge in [0.15, 0.2) is 0 Å². The molecule has 0 bridgehead atoms. The Morgan fingerprint density at radius 3 is 2.21 bits per heavy atom. The molecule has 1 heterocycles. The largest absolute Gasteiger partial charge is 0.416 e. The number of carbonyl (C=O) groups is 1. The summed E-state index contributed by atoms with van der Waals surface area (Å²) < 4.78 is 67.4. The summed E-state index contributed by atoms with van der Waals surface area (Å²) in [5.74, 6) is -0.456. The minimum absolute atomic E-state index is 0.0412. The molecule has 0 aromatic heterocycles. The quantitative estimate of drug-likeness (QED) is 0.574. The Bertz CT molecular complexity index is 1310. The highest BCUT2D eigenvalue weighted by molar-refractivity contribution is 7.89. The number of rotatable bonds is 5. The van der Waals surface area contributed by atoms with Crippen molar-refractivity contribution in [2.75, 3.05) is 13.1 Å². The molecule has 5 nitrogen and oxygen atoms in total. The minimum Gasteiger partial charge on any atom is -0.344 e. The number of nitrogens with one attached hydrogen (secondary N) is 1. The zero-order valence-corrected chi connectivity index (χ0v) is 18.7. The number of hydrogen-bond donors (Lipinski definition) is 1. The number of nitrogens with zero attached hydrogens (tertiary/aromatic N) is 1. The lowest BCUT2D eigenvalue weighted by atomic mass is 9.94. The van der Waals surface area contributed by atoms with Crippen LogP contribution in [0.3, 0.4) is 0 Å². The van der Waals surface area contributed by atoms with E-state index in [-0.39, 0.29) is 23.5 Å². The summed E-state index contributed by atoms with van der Waals surface area (Å²) >= 11 is 0. The summed E-state index contributed by atoms with van der Waals surface area (Å²) in [7, 11) is -3.87. The first kappa shape index (κ1) is 23.7. The Morgan fingerprint density at radius 1 is 0.912 bits per heavy atom. The van der Waals surface area contributed by atoms with Crippen LogP contribution in [0.25, 0.3) is 5.57 Å². The zero-order valence-electron chi connectivity index (χ0n) is 17.9. The SMILES string of the molecule is O=C(NC1CN(S(=O)(=O)c2ccccc2)CC=C1c1cccc(C(F)(F)F)c1)c1ccccc1. The van der Waals surface area contributed by atoms with Gasteiger partial charge in [-0.2, -0.15) is 17.5 Å². The number of halogens is 3. The van der Waals surface area contributed by atoms with Gasteiger partial charge in [-0.1, -0.05) is 54.6 Å². The topological polar surface area (TPSA) is 66.5 Å². The van der Waals surface area contributed by atoms with Crippen molar-refractivity contribution in [3.8, 4) is 0 Å². The van der Waals surface area contributed by atoms with Gasteiger partial charge in [-0.15, -0.1) is 0 Å². The molecule has 3 aromatic rings. The van der Waals surface area contributed by atoms with E-state index in [1.165, 1.54) is 28.6 Å². The Labute approximate surface area is 195 Å². The fraction of sp³-hybridized carbons (Fsp3) is 0.160. The highest BCUT2D eigenvalue weighted by atomic mass is 32.2. The van der Waals surface area contributed by atoms with Gasteiger partial charge in [-0.3, -0.25) is 4.79 Å². The van der Waals surface area contributed by atoms with Crippen LogP contribution < -0.4 is 5.32 Å². The van der Waals surface area contributed by atoms with Crippen LogP contribution in [0.2, 0.25) is 0 Å². The average molecular weight is 487 g/mol. The maximum absolute atomic E-state index is 13.3. The van der Waals surface area contributed by atoms with Gasteiger partial charge >= 0.3 is 6.18 Å². The molecule has 1 atom stereocenters. The number of carbonyl (C=O) groups excluding carboxylic acids is 1. The summed E-state index contributed by atoms with van der Waals surface area (Å²) in [5.41, 5.74) is 0.229. The van der Waals surface area contributed by atoms with Gasteiger partial charge in [0.1, 0.15) is 0 Å². The lowest BCUT2D eigenvalue weighted by Gasteiger charge is -2.33. The molecule has 0 aliphatic carbocycles. The number of alkyl halides is 3. The van der Waals surface area contributed by atoms with E-state index in [1.54, 1.807) is 54.6 Å². The van der Waals surface area contributed by atoms with E-state index < -0.39 is 33.7 Å². The van der Waals surface area contributed by atoms with Crippen molar-refractivity contribution in [2.45, 2.75) is 17.1 Å². The second-order valence-electron chi connectivity index (χ2n) is 7.77. The van der Waals surface area contributed by atoms with Gasteiger partial charge in [0.2, 0.25) is 10.0 Å². The van der Waals surface area contributed by atoms with E-state index in [9.17, 15) is 26.4 Å². The molecule has 1 amide bonds. The molecule has 1 unspecified atom stereocenters. The highest BCUT2D eigenvalue weighted by Gasteiger charge is 2.34. The number of amides is 1. The molecule has 9 heteroatoms. The van der Waals surface area contributed by atoms with Crippen LogP contribution in [-0.4, -0.2) is 37.8 Å².